The summed E-state index contributed by atoms with van der Waals surface area (Å²) in [5, 5.41) is 0. The van der Waals surface area contributed by atoms with E-state index in [0.29, 0.717) is 22.9 Å². The third-order valence-electron chi connectivity index (χ3n) is 4.47. The quantitative estimate of drug-likeness (QED) is 0.679. The Kier molecular flexibility index (Phi) is 3.90. The topological polar surface area (TPSA) is 91.0 Å². The number of hydrogen-bond donors (Lipinski definition) is 4. The number of ether oxygens (including phenoxy) is 1. The van der Waals surface area contributed by atoms with Gasteiger partial charge in [-0.1, -0.05) is 12.1 Å². The minimum absolute atomic E-state index is 0.00416. The summed E-state index contributed by atoms with van der Waals surface area (Å²) in [4.78, 5) is 2.68. The average Bonchev–Trinajstić information content (AvgIpc) is 3.02. The molecule has 2 aliphatic heterocycles. The summed E-state index contributed by atoms with van der Waals surface area (Å²) < 4.78 is 29.8. The summed E-state index contributed by atoms with van der Waals surface area (Å²) >= 11 is 0. The van der Waals surface area contributed by atoms with Crippen LogP contribution in [0.15, 0.2) is 47.4 Å². The maximum atomic E-state index is 10.5. The van der Waals surface area contributed by atoms with Crippen LogP contribution in [0.4, 0.5) is 5.69 Å². The van der Waals surface area contributed by atoms with Crippen LogP contribution in [0.2, 0.25) is 0 Å². The molecule has 128 valence electrons. The lowest BCUT2D eigenvalue weighted by Crippen LogP contribution is -2.46. The normalized spacial score (nSPS) is 22.6. The molecule has 0 bridgehead atoms. The second kappa shape index (κ2) is 5.94. The van der Waals surface area contributed by atoms with E-state index in [4.69, 9.17) is 10.5 Å². The molecule has 7 heteroatoms. The van der Waals surface area contributed by atoms with Gasteiger partial charge in [-0.05, 0) is 42.7 Å². The third-order valence-corrected chi connectivity index (χ3v) is 6.01. The minimum Gasteiger partial charge on any atom is -0.457 e. The van der Waals surface area contributed by atoms with E-state index < -0.39 is 10.8 Å². The van der Waals surface area contributed by atoms with E-state index in [1.165, 1.54) is 0 Å². The van der Waals surface area contributed by atoms with Crippen LogP contribution in [0.1, 0.15) is 18.4 Å². The van der Waals surface area contributed by atoms with Crippen molar-refractivity contribution in [3.05, 3.63) is 48.0 Å². The molecule has 2 aromatic carbocycles. The molecule has 0 radical (unpaired) electrons. The van der Waals surface area contributed by atoms with Crippen LogP contribution in [0.3, 0.4) is 0 Å². The van der Waals surface area contributed by atoms with Crippen LogP contribution in [-0.2, 0) is 6.54 Å². The molecule has 0 aliphatic carbocycles. The van der Waals surface area contributed by atoms with E-state index >= 15 is 0 Å². The molecule has 2 heterocycles. The number of anilines is 1. The first-order chi connectivity index (χ1) is 11.6. The van der Waals surface area contributed by atoms with Crippen molar-refractivity contribution in [2.24, 2.45) is 5.73 Å². The number of nitrogens with two attached hydrogens (primary N) is 1. The first kappa shape index (κ1) is 15.7. The Morgan fingerprint density at radius 1 is 1.21 bits per heavy atom. The summed E-state index contributed by atoms with van der Waals surface area (Å²) in [5.74, 6) is 1.25. The van der Waals surface area contributed by atoms with Gasteiger partial charge >= 0.3 is 0 Å². The molecule has 0 aromatic heterocycles. The SMILES string of the molecule is NCc1cccc(Oc2ccc3c(c2)S(O)(O)NC2CCCN32)c1. The summed E-state index contributed by atoms with van der Waals surface area (Å²) in [7, 11) is -3.02. The zero-order chi connectivity index (χ0) is 16.7. The van der Waals surface area contributed by atoms with Gasteiger partial charge in [-0.25, -0.2) is 0 Å². The number of nitrogens with one attached hydrogen (secondary N) is 1. The second-order valence-electron chi connectivity index (χ2n) is 6.10. The van der Waals surface area contributed by atoms with Crippen molar-refractivity contribution in [3.63, 3.8) is 0 Å². The lowest BCUT2D eigenvalue weighted by atomic mass is 10.2. The van der Waals surface area contributed by atoms with Gasteiger partial charge in [0.05, 0.1) is 11.9 Å². The second-order valence-corrected chi connectivity index (χ2v) is 7.87. The minimum atomic E-state index is -3.02. The molecular weight excluding hydrogens is 326 g/mol. The number of fused-ring (bicyclic) bond motifs is 3. The Morgan fingerprint density at radius 3 is 2.88 bits per heavy atom. The Morgan fingerprint density at radius 2 is 2.04 bits per heavy atom. The van der Waals surface area contributed by atoms with Crippen molar-refractivity contribution in [2.75, 3.05) is 11.4 Å². The molecule has 0 spiro atoms. The smallest absolute Gasteiger partial charge is 0.129 e. The molecule has 1 fully saturated rings. The zero-order valence-electron chi connectivity index (χ0n) is 13.2. The molecule has 6 nitrogen and oxygen atoms in total. The van der Waals surface area contributed by atoms with E-state index in [-0.39, 0.29) is 6.17 Å². The van der Waals surface area contributed by atoms with Gasteiger partial charge < -0.3 is 15.4 Å². The molecule has 0 saturated carbocycles. The highest BCUT2D eigenvalue weighted by Crippen LogP contribution is 2.55. The van der Waals surface area contributed by atoms with Gasteiger partial charge in [0.25, 0.3) is 0 Å². The Bertz CT molecular complexity index is 768. The third kappa shape index (κ3) is 2.74. The van der Waals surface area contributed by atoms with Gasteiger partial charge in [0.1, 0.15) is 16.4 Å². The van der Waals surface area contributed by atoms with Crippen LogP contribution in [0, 0.1) is 0 Å². The van der Waals surface area contributed by atoms with Crippen molar-refractivity contribution >= 4 is 16.5 Å². The van der Waals surface area contributed by atoms with Crippen LogP contribution >= 0.6 is 10.8 Å². The molecule has 5 N–H and O–H groups in total. The van der Waals surface area contributed by atoms with Crippen molar-refractivity contribution < 1.29 is 13.8 Å². The Labute approximate surface area is 142 Å². The summed E-state index contributed by atoms with van der Waals surface area (Å²) in [6.45, 7) is 1.36. The van der Waals surface area contributed by atoms with E-state index in [1.54, 1.807) is 6.07 Å². The lowest BCUT2D eigenvalue weighted by molar-refractivity contribution is 0.440. The molecule has 1 unspecified atom stereocenters. The van der Waals surface area contributed by atoms with E-state index in [1.807, 2.05) is 36.4 Å². The molecule has 1 saturated heterocycles. The van der Waals surface area contributed by atoms with Gasteiger partial charge in [-0.15, -0.1) is 10.8 Å². The molecule has 1 atom stereocenters. The van der Waals surface area contributed by atoms with Crippen LogP contribution in [-0.4, -0.2) is 21.8 Å². The van der Waals surface area contributed by atoms with Crippen molar-refractivity contribution in [2.45, 2.75) is 30.4 Å². The van der Waals surface area contributed by atoms with Gasteiger partial charge in [0.15, 0.2) is 0 Å². The zero-order valence-corrected chi connectivity index (χ0v) is 14.0. The maximum absolute atomic E-state index is 10.5. The summed E-state index contributed by atoms with van der Waals surface area (Å²) in [6.07, 6.45) is 1.95. The summed E-state index contributed by atoms with van der Waals surface area (Å²) in [6, 6.07) is 13.0. The van der Waals surface area contributed by atoms with Gasteiger partial charge in [-0.3, -0.25) is 9.11 Å². The number of nitrogens with zero attached hydrogens (tertiary/aromatic N) is 1. The van der Waals surface area contributed by atoms with E-state index in [2.05, 4.69) is 9.62 Å². The molecule has 2 aromatic rings. The fourth-order valence-corrected chi connectivity index (χ4v) is 4.83. The number of hydrogen-bond acceptors (Lipinski definition) is 6. The maximum Gasteiger partial charge on any atom is 0.129 e. The molecule has 24 heavy (non-hydrogen) atoms. The first-order valence-corrected chi connectivity index (χ1v) is 9.54. The standard InChI is InChI=1S/C17H21N3O3S/c18-11-12-3-1-4-13(9-12)23-14-6-7-15-16(10-14)24(21,22)19-17-5-2-8-20(15)17/h1,3-4,6-7,9-10,17,19,21-22H,2,5,8,11,18H2. The number of rotatable bonds is 3. The van der Waals surface area contributed by atoms with Crippen LogP contribution in [0.5, 0.6) is 11.5 Å². The van der Waals surface area contributed by atoms with E-state index in [0.717, 1.165) is 30.6 Å². The van der Waals surface area contributed by atoms with Crippen LogP contribution in [0.25, 0.3) is 0 Å². The predicted octanol–water partition coefficient (Wildman–Crippen LogP) is 3.49. The van der Waals surface area contributed by atoms with Crippen molar-refractivity contribution in [3.8, 4) is 11.5 Å². The highest BCUT2D eigenvalue weighted by molar-refractivity contribution is 8.22. The number of benzene rings is 2. The largest absolute Gasteiger partial charge is 0.457 e. The van der Waals surface area contributed by atoms with Gasteiger partial charge in [0.2, 0.25) is 0 Å². The highest BCUT2D eigenvalue weighted by atomic mass is 32.3. The Hall–Kier alpha value is -1.77. The summed E-state index contributed by atoms with van der Waals surface area (Å²) in [5.41, 5.74) is 7.51. The lowest BCUT2D eigenvalue weighted by Gasteiger charge is -2.46. The fraction of sp³-hybridized carbons (Fsp3) is 0.294. The average molecular weight is 347 g/mol. The predicted molar refractivity (Wildman–Crippen MR) is 95.5 cm³/mol. The van der Waals surface area contributed by atoms with E-state index in [9.17, 15) is 9.11 Å². The first-order valence-electron chi connectivity index (χ1n) is 8.00. The van der Waals surface area contributed by atoms with Gasteiger partial charge in [-0.2, -0.15) is 4.72 Å². The van der Waals surface area contributed by atoms with Gasteiger partial charge in [0, 0.05) is 19.2 Å². The molecule has 4 rings (SSSR count). The van der Waals surface area contributed by atoms with Crippen molar-refractivity contribution in [1.29, 1.82) is 0 Å². The molecule has 2 aliphatic rings. The fourth-order valence-electron chi connectivity index (χ4n) is 3.33. The highest BCUT2D eigenvalue weighted by Gasteiger charge is 2.38. The molecule has 0 amide bonds. The Balaban J connectivity index is 1.67. The van der Waals surface area contributed by atoms with Crippen molar-refractivity contribution in [1.82, 2.24) is 4.72 Å². The molecular formula is C17H21N3O3S. The van der Waals surface area contributed by atoms with Crippen LogP contribution < -0.4 is 20.1 Å². The monoisotopic (exact) mass is 347 g/mol.